The third-order valence-electron chi connectivity index (χ3n) is 3.08. The van der Waals surface area contributed by atoms with Crippen LogP contribution in [0.3, 0.4) is 0 Å². The second kappa shape index (κ2) is 7.11. The highest BCUT2D eigenvalue weighted by Gasteiger charge is 2.19. The zero-order valence-corrected chi connectivity index (χ0v) is 13.4. The van der Waals surface area contributed by atoms with E-state index < -0.39 is 10.0 Å². The van der Waals surface area contributed by atoms with E-state index in [1.807, 2.05) is 0 Å². The van der Waals surface area contributed by atoms with E-state index in [1.165, 1.54) is 12.1 Å². The molecule has 0 bridgehead atoms. The van der Waals surface area contributed by atoms with Crippen LogP contribution in [0.1, 0.15) is 19.8 Å². The molecule has 2 N–H and O–H groups in total. The molecule has 0 atom stereocenters. The summed E-state index contributed by atoms with van der Waals surface area (Å²) in [7, 11) is -3.63. The normalized spacial score (nSPS) is 16.2. The van der Waals surface area contributed by atoms with Gasteiger partial charge in [0.1, 0.15) is 0 Å². The SMILES string of the molecule is CCCCN1CN=C(NS(=O)(=O)c2ccc(Cl)cc2)NC1. The van der Waals surface area contributed by atoms with Gasteiger partial charge in [-0.2, -0.15) is 0 Å². The van der Waals surface area contributed by atoms with Crippen LogP contribution in [-0.2, 0) is 10.0 Å². The molecular formula is C13H19ClN4O2S. The Morgan fingerprint density at radius 2 is 2.10 bits per heavy atom. The topological polar surface area (TPSA) is 73.8 Å². The number of aliphatic imine (C=N–C) groups is 1. The molecule has 1 aromatic rings. The average Bonchev–Trinajstić information content (AvgIpc) is 2.47. The third kappa shape index (κ3) is 4.59. The van der Waals surface area contributed by atoms with Crippen LogP contribution in [0.5, 0.6) is 0 Å². The van der Waals surface area contributed by atoms with Crippen LogP contribution in [0, 0.1) is 0 Å². The maximum Gasteiger partial charge on any atom is 0.264 e. The van der Waals surface area contributed by atoms with Crippen LogP contribution in [-0.4, -0.2) is 39.2 Å². The fraction of sp³-hybridized carbons (Fsp3) is 0.462. The highest BCUT2D eigenvalue weighted by Crippen LogP contribution is 2.13. The van der Waals surface area contributed by atoms with E-state index in [2.05, 4.69) is 26.9 Å². The number of unbranched alkanes of at least 4 members (excludes halogenated alkanes) is 1. The summed E-state index contributed by atoms with van der Waals surface area (Å²) in [6, 6.07) is 6.00. The smallest absolute Gasteiger partial charge is 0.264 e. The van der Waals surface area contributed by atoms with Crippen LogP contribution in [0.4, 0.5) is 0 Å². The average molecular weight is 331 g/mol. The predicted octanol–water partition coefficient (Wildman–Crippen LogP) is 1.59. The molecule has 0 amide bonds. The zero-order valence-electron chi connectivity index (χ0n) is 11.8. The summed E-state index contributed by atoms with van der Waals surface area (Å²) in [4.78, 5) is 6.48. The number of halogens is 1. The number of rotatable bonds is 5. The Morgan fingerprint density at radius 1 is 1.38 bits per heavy atom. The summed E-state index contributed by atoms with van der Waals surface area (Å²) in [5.74, 6) is 0.276. The molecule has 0 fully saturated rings. The molecule has 0 saturated heterocycles. The van der Waals surface area contributed by atoms with Crippen molar-refractivity contribution >= 4 is 27.6 Å². The summed E-state index contributed by atoms with van der Waals surface area (Å²) in [5.41, 5.74) is 0. The van der Waals surface area contributed by atoms with E-state index in [0.29, 0.717) is 18.4 Å². The maximum absolute atomic E-state index is 12.2. The first-order valence-corrected chi connectivity index (χ1v) is 8.66. The Morgan fingerprint density at radius 3 is 2.67 bits per heavy atom. The molecule has 2 rings (SSSR count). The Labute approximate surface area is 130 Å². The van der Waals surface area contributed by atoms with Crippen molar-refractivity contribution in [1.29, 1.82) is 0 Å². The van der Waals surface area contributed by atoms with Gasteiger partial charge in [-0.3, -0.25) is 4.90 Å². The predicted molar refractivity (Wildman–Crippen MR) is 83.7 cm³/mol. The van der Waals surface area contributed by atoms with Crippen molar-refractivity contribution in [2.45, 2.75) is 24.7 Å². The van der Waals surface area contributed by atoms with E-state index in [0.717, 1.165) is 19.4 Å². The fourth-order valence-electron chi connectivity index (χ4n) is 1.86. The molecule has 0 aromatic heterocycles. The van der Waals surface area contributed by atoms with E-state index in [1.54, 1.807) is 12.1 Å². The molecule has 116 valence electrons. The number of sulfonamides is 1. The van der Waals surface area contributed by atoms with Gasteiger partial charge in [-0.1, -0.05) is 24.9 Å². The monoisotopic (exact) mass is 330 g/mol. The zero-order chi connectivity index (χ0) is 15.3. The molecule has 8 heteroatoms. The molecule has 21 heavy (non-hydrogen) atoms. The Kier molecular flexibility index (Phi) is 5.44. The first-order valence-electron chi connectivity index (χ1n) is 6.80. The molecule has 0 aliphatic carbocycles. The number of hydrogen-bond acceptors (Lipinski definition) is 5. The number of nitrogens with zero attached hydrogens (tertiary/aromatic N) is 2. The van der Waals surface area contributed by atoms with Gasteiger partial charge in [-0.05, 0) is 30.7 Å². The number of hydrogen-bond donors (Lipinski definition) is 2. The summed E-state index contributed by atoms with van der Waals surface area (Å²) in [5, 5.41) is 3.47. The minimum Gasteiger partial charge on any atom is -0.343 e. The summed E-state index contributed by atoms with van der Waals surface area (Å²) in [6.45, 7) is 4.16. The van der Waals surface area contributed by atoms with Gasteiger partial charge >= 0.3 is 0 Å². The van der Waals surface area contributed by atoms with Crippen molar-refractivity contribution in [3.63, 3.8) is 0 Å². The van der Waals surface area contributed by atoms with Crippen LogP contribution < -0.4 is 10.0 Å². The molecule has 1 heterocycles. The van der Waals surface area contributed by atoms with Crippen LogP contribution in [0.25, 0.3) is 0 Å². The van der Waals surface area contributed by atoms with Gasteiger partial charge < -0.3 is 5.32 Å². The third-order valence-corrected chi connectivity index (χ3v) is 4.69. The summed E-state index contributed by atoms with van der Waals surface area (Å²) < 4.78 is 26.8. The number of benzene rings is 1. The van der Waals surface area contributed by atoms with Crippen molar-refractivity contribution in [2.75, 3.05) is 19.9 Å². The standard InChI is InChI=1S/C13H19ClN4O2S/c1-2-3-8-18-9-15-13(16-10-18)17-21(19,20)12-6-4-11(14)5-7-12/h4-7H,2-3,8-10H2,1H3,(H2,15,16,17). The quantitative estimate of drug-likeness (QED) is 0.860. The summed E-state index contributed by atoms with van der Waals surface area (Å²) >= 11 is 5.75. The number of guanidine groups is 1. The fourth-order valence-corrected chi connectivity index (χ4v) is 2.99. The van der Waals surface area contributed by atoms with Gasteiger partial charge in [-0.25, -0.2) is 18.1 Å². The highest BCUT2D eigenvalue weighted by atomic mass is 35.5. The van der Waals surface area contributed by atoms with Crippen molar-refractivity contribution < 1.29 is 8.42 Å². The van der Waals surface area contributed by atoms with Crippen LogP contribution in [0.15, 0.2) is 34.2 Å². The lowest BCUT2D eigenvalue weighted by atomic mass is 10.3. The minimum atomic E-state index is -3.63. The van der Waals surface area contributed by atoms with Gasteiger partial charge in [0.25, 0.3) is 10.0 Å². The van der Waals surface area contributed by atoms with Crippen molar-refractivity contribution in [3.05, 3.63) is 29.3 Å². The van der Waals surface area contributed by atoms with Gasteiger partial charge in [0, 0.05) is 11.6 Å². The van der Waals surface area contributed by atoms with Crippen LogP contribution in [0.2, 0.25) is 5.02 Å². The first kappa shape index (κ1) is 16.1. The molecule has 1 aromatic carbocycles. The molecule has 1 aliphatic rings. The molecule has 0 radical (unpaired) electrons. The van der Waals surface area contributed by atoms with E-state index in [4.69, 9.17) is 11.6 Å². The number of nitrogens with one attached hydrogen (secondary N) is 2. The Hall–Kier alpha value is -1.31. The Bertz CT molecular complexity index is 601. The van der Waals surface area contributed by atoms with Gasteiger partial charge in [0.05, 0.1) is 18.2 Å². The van der Waals surface area contributed by atoms with Crippen molar-refractivity contribution in [3.8, 4) is 0 Å². The maximum atomic E-state index is 12.2. The van der Waals surface area contributed by atoms with E-state index in [-0.39, 0.29) is 10.9 Å². The van der Waals surface area contributed by atoms with Crippen molar-refractivity contribution in [2.24, 2.45) is 4.99 Å². The lowest BCUT2D eigenvalue weighted by molar-refractivity contribution is 0.259. The first-order chi connectivity index (χ1) is 10.0. The van der Waals surface area contributed by atoms with Crippen LogP contribution >= 0.6 is 11.6 Å². The summed E-state index contributed by atoms with van der Waals surface area (Å²) in [6.07, 6.45) is 2.22. The van der Waals surface area contributed by atoms with Gasteiger partial charge in [0.2, 0.25) is 5.96 Å². The molecular weight excluding hydrogens is 312 g/mol. The van der Waals surface area contributed by atoms with Gasteiger partial charge in [0.15, 0.2) is 0 Å². The second-order valence-corrected chi connectivity index (χ2v) is 6.91. The molecule has 0 saturated carbocycles. The highest BCUT2D eigenvalue weighted by molar-refractivity contribution is 7.90. The molecule has 0 spiro atoms. The molecule has 0 unspecified atom stereocenters. The largest absolute Gasteiger partial charge is 0.343 e. The Balaban J connectivity index is 1.98. The van der Waals surface area contributed by atoms with E-state index in [9.17, 15) is 8.42 Å². The molecule has 6 nitrogen and oxygen atoms in total. The van der Waals surface area contributed by atoms with E-state index >= 15 is 0 Å². The lowest BCUT2D eigenvalue weighted by Crippen LogP contribution is -2.50. The molecule has 1 aliphatic heterocycles. The van der Waals surface area contributed by atoms with Gasteiger partial charge in [-0.15, -0.1) is 0 Å². The minimum absolute atomic E-state index is 0.157. The lowest BCUT2D eigenvalue weighted by Gasteiger charge is -2.26. The second-order valence-electron chi connectivity index (χ2n) is 4.79. The van der Waals surface area contributed by atoms with Crippen molar-refractivity contribution in [1.82, 2.24) is 14.9 Å².